The molecule has 6 nitrogen and oxygen atoms in total. The lowest BCUT2D eigenvalue weighted by molar-refractivity contribution is -0.136. The minimum Gasteiger partial charge on any atom is -0.447 e. The zero-order valence-corrected chi connectivity index (χ0v) is 11.5. The van der Waals surface area contributed by atoms with Crippen LogP contribution < -0.4 is 5.32 Å². The van der Waals surface area contributed by atoms with E-state index in [1.54, 1.807) is 0 Å². The van der Waals surface area contributed by atoms with Crippen LogP contribution in [0, 0.1) is 5.92 Å². The molecule has 2 aliphatic heterocycles. The number of hydrogen-bond acceptors (Lipinski definition) is 4. The molecule has 0 spiro atoms. The molecule has 1 N–H and O–H groups in total. The fraction of sp³-hybridized carbons (Fsp3) is 0.400. The van der Waals surface area contributed by atoms with Crippen molar-refractivity contribution in [2.75, 3.05) is 13.2 Å². The Bertz CT molecular complexity index is 572. The SMILES string of the molecule is O=C1CC[C@@H](C(=O)N2CCOC2=O)[C@H](c2ccccc2)N1. The van der Waals surface area contributed by atoms with Gasteiger partial charge in [0.05, 0.1) is 18.5 Å². The lowest BCUT2D eigenvalue weighted by Gasteiger charge is -2.33. The smallest absolute Gasteiger partial charge is 0.416 e. The highest BCUT2D eigenvalue weighted by Gasteiger charge is 2.40. The van der Waals surface area contributed by atoms with Gasteiger partial charge in [0.15, 0.2) is 0 Å². The van der Waals surface area contributed by atoms with Gasteiger partial charge < -0.3 is 10.1 Å². The van der Waals surface area contributed by atoms with E-state index in [-0.39, 0.29) is 25.0 Å². The molecule has 0 radical (unpaired) electrons. The number of amides is 3. The van der Waals surface area contributed by atoms with Crippen molar-refractivity contribution in [2.45, 2.75) is 18.9 Å². The molecule has 110 valence electrons. The van der Waals surface area contributed by atoms with Gasteiger partial charge in [0.2, 0.25) is 11.8 Å². The molecular formula is C15H16N2O4. The molecule has 6 heteroatoms. The first-order chi connectivity index (χ1) is 10.2. The summed E-state index contributed by atoms with van der Waals surface area (Å²) in [6.45, 7) is 0.517. The Hall–Kier alpha value is -2.37. The Kier molecular flexibility index (Phi) is 3.60. The average Bonchev–Trinajstić information content (AvgIpc) is 2.93. The van der Waals surface area contributed by atoms with Crippen molar-refractivity contribution in [3.05, 3.63) is 35.9 Å². The number of benzene rings is 1. The zero-order chi connectivity index (χ0) is 14.8. The van der Waals surface area contributed by atoms with Gasteiger partial charge in [-0.3, -0.25) is 9.59 Å². The maximum absolute atomic E-state index is 12.6. The van der Waals surface area contributed by atoms with E-state index < -0.39 is 18.1 Å². The normalized spacial score (nSPS) is 25.4. The Morgan fingerprint density at radius 2 is 2.00 bits per heavy atom. The number of cyclic esters (lactones) is 1. The van der Waals surface area contributed by atoms with Crippen molar-refractivity contribution in [3.63, 3.8) is 0 Å². The van der Waals surface area contributed by atoms with Crippen molar-refractivity contribution in [3.8, 4) is 0 Å². The van der Waals surface area contributed by atoms with E-state index >= 15 is 0 Å². The first kappa shape index (κ1) is 13.6. The third-order valence-corrected chi connectivity index (χ3v) is 3.90. The maximum atomic E-state index is 12.6. The molecule has 3 rings (SSSR count). The van der Waals surface area contributed by atoms with E-state index in [0.717, 1.165) is 10.5 Å². The van der Waals surface area contributed by atoms with Gasteiger partial charge >= 0.3 is 6.09 Å². The molecule has 1 aromatic rings. The van der Waals surface area contributed by atoms with E-state index in [4.69, 9.17) is 4.74 Å². The summed E-state index contributed by atoms with van der Waals surface area (Å²) in [5, 5.41) is 2.86. The number of imide groups is 1. The molecule has 2 atom stereocenters. The van der Waals surface area contributed by atoms with Gasteiger partial charge in [-0.05, 0) is 12.0 Å². The molecule has 0 aliphatic carbocycles. The molecule has 2 fully saturated rings. The lowest BCUT2D eigenvalue weighted by atomic mass is 9.85. The monoisotopic (exact) mass is 288 g/mol. The summed E-state index contributed by atoms with van der Waals surface area (Å²) < 4.78 is 4.82. The van der Waals surface area contributed by atoms with Crippen LogP contribution >= 0.6 is 0 Å². The Morgan fingerprint density at radius 3 is 2.67 bits per heavy atom. The predicted octanol–water partition coefficient (Wildman–Crippen LogP) is 1.23. The maximum Gasteiger partial charge on any atom is 0.416 e. The number of nitrogens with zero attached hydrogens (tertiary/aromatic N) is 1. The number of hydrogen-bond donors (Lipinski definition) is 1. The van der Waals surface area contributed by atoms with Crippen molar-refractivity contribution in [2.24, 2.45) is 5.92 Å². The van der Waals surface area contributed by atoms with Crippen LogP contribution in [0.25, 0.3) is 0 Å². The van der Waals surface area contributed by atoms with Crippen LogP contribution in [-0.4, -0.2) is 36.0 Å². The van der Waals surface area contributed by atoms with Crippen LogP contribution in [0.4, 0.5) is 4.79 Å². The summed E-state index contributed by atoms with van der Waals surface area (Å²) in [6, 6.07) is 8.96. The summed E-state index contributed by atoms with van der Waals surface area (Å²) >= 11 is 0. The molecule has 0 saturated carbocycles. The van der Waals surface area contributed by atoms with Crippen LogP contribution in [0.5, 0.6) is 0 Å². The van der Waals surface area contributed by atoms with Crippen LogP contribution in [0.15, 0.2) is 30.3 Å². The largest absolute Gasteiger partial charge is 0.447 e. The summed E-state index contributed by atoms with van der Waals surface area (Å²) in [5.41, 5.74) is 0.872. The second-order valence-electron chi connectivity index (χ2n) is 5.21. The Labute approximate surface area is 122 Å². The standard InChI is InChI=1S/C15H16N2O4/c18-12-7-6-11(14(19)17-8-9-21-15(17)20)13(16-12)10-4-2-1-3-5-10/h1-5,11,13H,6-9H2,(H,16,18)/t11-,13+/m1/s1. The summed E-state index contributed by atoms with van der Waals surface area (Å²) in [7, 11) is 0. The molecule has 0 bridgehead atoms. The van der Waals surface area contributed by atoms with E-state index in [2.05, 4.69) is 5.32 Å². The lowest BCUT2D eigenvalue weighted by Crippen LogP contribution is -2.47. The van der Waals surface area contributed by atoms with Gasteiger partial charge in [0, 0.05) is 6.42 Å². The second-order valence-corrected chi connectivity index (χ2v) is 5.21. The predicted molar refractivity (Wildman–Crippen MR) is 73.1 cm³/mol. The molecule has 1 aromatic carbocycles. The highest BCUT2D eigenvalue weighted by molar-refractivity contribution is 5.95. The van der Waals surface area contributed by atoms with Gasteiger partial charge in [-0.1, -0.05) is 30.3 Å². The topological polar surface area (TPSA) is 75.7 Å². The number of carbonyl (C=O) groups excluding carboxylic acids is 3. The summed E-state index contributed by atoms with van der Waals surface area (Å²) in [5.74, 6) is -0.779. The first-order valence-electron chi connectivity index (χ1n) is 6.99. The van der Waals surface area contributed by atoms with Gasteiger partial charge in [-0.15, -0.1) is 0 Å². The fourth-order valence-corrected chi connectivity index (χ4v) is 2.84. The fourth-order valence-electron chi connectivity index (χ4n) is 2.84. The Balaban J connectivity index is 1.86. The highest BCUT2D eigenvalue weighted by atomic mass is 16.6. The van der Waals surface area contributed by atoms with E-state index in [0.29, 0.717) is 12.8 Å². The van der Waals surface area contributed by atoms with Gasteiger partial charge in [-0.2, -0.15) is 0 Å². The van der Waals surface area contributed by atoms with Crippen molar-refractivity contribution in [1.29, 1.82) is 0 Å². The van der Waals surface area contributed by atoms with Crippen molar-refractivity contribution < 1.29 is 19.1 Å². The molecular weight excluding hydrogens is 272 g/mol. The van der Waals surface area contributed by atoms with Crippen LogP contribution in [0.1, 0.15) is 24.4 Å². The average molecular weight is 288 g/mol. The molecule has 2 saturated heterocycles. The van der Waals surface area contributed by atoms with Crippen molar-refractivity contribution in [1.82, 2.24) is 10.2 Å². The van der Waals surface area contributed by atoms with E-state index in [1.807, 2.05) is 30.3 Å². The minimum absolute atomic E-state index is 0.0723. The molecule has 0 aromatic heterocycles. The summed E-state index contributed by atoms with van der Waals surface area (Å²) in [4.78, 5) is 36.9. The second kappa shape index (κ2) is 5.55. The molecule has 3 amide bonds. The third kappa shape index (κ3) is 2.61. The molecule has 2 heterocycles. The van der Waals surface area contributed by atoms with E-state index in [1.165, 1.54) is 0 Å². The van der Waals surface area contributed by atoms with Crippen LogP contribution in [0.2, 0.25) is 0 Å². The highest BCUT2D eigenvalue weighted by Crippen LogP contribution is 2.31. The zero-order valence-electron chi connectivity index (χ0n) is 11.5. The van der Waals surface area contributed by atoms with Gasteiger partial charge in [0.1, 0.15) is 6.61 Å². The van der Waals surface area contributed by atoms with Gasteiger partial charge in [0.25, 0.3) is 0 Å². The summed E-state index contributed by atoms with van der Waals surface area (Å²) in [6.07, 6.45) is 0.139. The molecule has 0 unspecified atom stereocenters. The number of carbonyl (C=O) groups is 3. The van der Waals surface area contributed by atoms with Crippen LogP contribution in [0.3, 0.4) is 0 Å². The first-order valence-corrected chi connectivity index (χ1v) is 6.99. The third-order valence-electron chi connectivity index (χ3n) is 3.90. The molecule has 2 aliphatic rings. The number of nitrogens with one attached hydrogen (secondary N) is 1. The van der Waals surface area contributed by atoms with Crippen molar-refractivity contribution >= 4 is 17.9 Å². The Morgan fingerprint density at radius 1 is 1.24 bits per heavy atom. The van der Waals surface area contributed by atoms with E-state index in [9.17, 15) is 14.4 Å². The minimum atomic E-state index is -0.594. The number of piperidine rings is 1. The molecule has 21 heavy (non-hydrogen) atoms. The number of rotatable bonds is 2. The van der Waals surface area contributed by atoms with Gasteiger partial charge in [-0.25, -0.2) is 9.69 Å². The quantitative estimate of drug-likeness (QED) is 0.888. The number of ether oxygens (including phenoxy) is 1. The van der Waals surface area contributed by atoms with Crippen LogP contribution in [-0.2, 0) is 14.3 Å².